The molecule has 112 valence electrons. The van der Waals surface area contributed by atoms with Gasteiger partial charge in [0.1, 0.15) is 5.75 Å². The van der Waals surface area contributed by atoms with Gasteiger partial charge in [-0.3, -0.25) is 0 Å². The summed E-state index contributed by atoms with van der Waals surface area (Å²) >= 11 is 0. The number of hydrogen-bond acceptors (Lipinski definition) is 5. The molecule has 0 aliphatic heterocycles. The fourth-order valence-electron chi connectivity index (χ4n) is 1.86. The fourth-order valence-corrected chi connectivity index (χ4v) is 1.86. The third-order valence-corrected chi connectivity index (χ3v) is 3.05. The minimum Gasteiger partial charge on any atom is -0.496 e. The Kier molecular flexibility index (Phi) is 6.27. The van der Waals surface area contributed by atoms with Gasteiger partial charge in [0.2, 0.25) is 0 Å². The van der Waals surface area contributed by atoms with E-state index in [1.807, 2.05) is 26.2 Å². The number of hydrogen-bond donors (Lipinski definition) is 2. The molecule has 3 N–H and O–H groups in total. The van der Waals surface area contributed by atoms with E-state index in [4.69, 9.17) is 15.7 Å². The standard InChI is InChI=1S/C14H24N4O2/c1-17(2)7-8-18(3)10-12-9-11(14(15)16-19)5-6-13(12)20-4/h5-6,9,19H,7-8,10H2,1-4H3,(H2,15,16). The minimum atomic E-state index is 0.102. The minimum absolute atomic E-state index is 0.102. The molecule has 0 radical (unpaired) electrons. The van der Waals surface area contributed by atoms with Crippen molar-refractivity contribution in [3.63, 3.8) is 0 Å². The van der Waals surface area contributed by atoms with E-state index in [1.54, 1.807) is 13.2 Å². The molecule has 0 amide bonds. The van der Waals surface area contributed by atoms with Crippen LogP contribution in [0.1, 0.15) is 11.1 Å². The van der Waals surface area contributed by atoms with E-state index in [9.17, 15) is 0 Å². The van der Waals surface area contributed by atoms with Crippen LogP contribution in [0, 0.1) is 0 Å². The number of amidine groups is 1. The predicted molar refractivity (Wildman–Crippen MR) is 80.4 cm³/mol. The largest absolute Gasteiger partial charge is 0.496 e. The van der Waals surface area contributed by atoms with Crippen LogP contribution < -0.4 is 10.5 Å². The maximum atomic E-state index is 8.75. The first-order valence-electron chi connectivity index (χ1n) is 6.46. The van der Waals surface area contributed by atoms with Gasteiger partial charge in [0, 0.05) is 30.8 Å². The molecule has 0 aliphatic rings. The van der Waals surface area contributed by atoms with Crippen molar-refractivity contribution in [1.29, 1.82) is 0 Å². The van der Waals surface area contributed by atoms with Gasteiger partial charge in [-0.05, 0) is 39.3 Å². The van der Waals surface area contributed by atoms with Crippen LogP contribution in [0.2, 0.25) is 0 Å². The van der Waals surface area contributed by atoms with Crippen LogP contribution >= 0.6 is 0 Å². The smallest absolute Gasteiger partial charge is 0.170 e. The molecule has 6 heteroatoms. The maximum Gasteiger partial charge on any atom is 0.170 e. The summed E-state index contributed by atoms with van der Waals surface area (Å²) in [4.78, 5) is 4.34. The summed E-state index contributed by atoms with van der Waals surface area (Å²) in [5.74, 6) is 0.904. The Morgan fingerprint density at radius 2 is 2.00 bits per heavy atom. The quantitative estimate of drug-likeness (QED) is 0.334. The molecule has 20 heavy (non-hydrogen) atoms. The number of likely N-dealkylation sites (N-methyl/N-ethyl adjacent to an activating group) is 2. The van der Waals surface area contributed by atoms with Gasteiger partial charge in [-0.15, -0.1) is 0 Å². The van der Waals surface area contributed by atoms with Crippen LogP contribution in [0.3, 0.4) is 0 Å². The van der Waals surface area contributed by atoms with Gasteiger partial charge in [0.25, 0.3) is 0 Å². The van der Waals surface area contributed by atoms with Crippen molar-refractivity contribution >= 4 is 5.84 Å². The zero-order valence-electron chi connectivity index (χ0n) is 12.6. The zero-order chi connectivity index (χ0) is 15.1. The molecular weight excluding hydrogens is 256 g/mol. The Bertz CT molecular complexity index is 460. The second kappa shape index (κ2) is 7.72. The number of nitrogens with two attached hydrogens (primary N) is 1. The van der Waals surface area contributed by atoms with E-state index in [0.717, 1.165) is 30.9 Å². The van der Waals surface area contributed by atoms with Crippen LogP contribution in [-0.2, 0) is 6.54 Å². The van der Waals surface area contributed by atoms with Gasteiger partial charge in [-0.25, -0.2) is 0 Å². The molecule has 0 bridgehead atoms. The molecule has 0 atom stereocenters. The Morgan fingerprint density at radius 3 is 2.55 bits per heavy atom. The number of oxime groups is 1. The van der Waals surface area contributed by atoms with E-state index in [2.05, 4.69) is 22.0 Å². The fraction of sp³-hybridized carbons (Fsp3) is 0.500. The van der Waals surface area contributed by atoms with Crippen LogP contribution in [0.15, 0.2) is 23.4 Å². The molecule has 0 unspecified atom stereocenters. The van der Waals surface area contributed by atoms with Crippen LogP contribution in [-0.4, -0.2) is 62.2 Å². The highest BCUT2D eigenvalue weighted by Gasteiger charge is 2.10. The highest BCUT2D eigenvalue weighted by molar-refractivity contribution is 5.97. The summed E-state index contributed by atoms with van der Waals surface area (Å²) in [5, 5.41) is 11.8. The summed E-state index contributed by atoms with van der Waals surface area (Å²) in [6.07, 6.45) is 0. The molecular formula is C14H24N4O2. The van der Waals surface area contributed by atoms with Gasteiger partial charge in [0.15, 0.2) is 5.84 Å². The normalized spacial score (nSPS) is 12.2. The maximum absolute atomic E-state index is 8.75. The van der Waals surface area contributed by atoms with E-state index < -0.39 is 0 Å². The molecule has 0 fully saturated rings. The molecule has 0 spiro atoms. The highest BCUT2D eigenvalue weighted by atomic mass is 16.5. The van der Waals surface area contributed by atoms with Crippen molar-refractivity contribution in [1.82, 2.24) is 9.80 Å². The second-order valence-corrected chi connectivity index (χ2v) is 5.05. The first kappa shape index (κ1) is 16.3. The lowest BCUT2D eigenvalue weighted by Gasteiger charge is -2.21. The zero-order valence-corrected chi connectivity index (χ0v) is 12.6. The van der Waals surface area contributed by atoms with Gasteiger partial charge in [0.05, 0.1) is 7.11 Å². The van der Waals surface area contributed by atoms with Crippen molar-refractivity contribution in [2.45, 2.75) is 6.54 Å². The van der Waals surface area contributed by atoms with Crippen LogP contribution in [0.4, 0.5) is 0 Å². The van der Waals surface area contributed by atoms with Crippen molar-refractivity contribution < 1.29 is 9.94 Å². The monoisotopic (exact) mass is 280 g/mol. The molecule has 0 saturated heterocycles. The first-order chi connectivity index (χ1) is 9.47. The average molecular weight is 280 g/mol. The van der Waals surface area contributed by atoms with Gasteiger partial charge in [-0.2, -0.15) is 0 Å². The molecule has 1 aromatic carbocycles. The average Bonchev–Trinajstić information content (AvgIpc) is 2.44. The Hall–Kier alpha value is -1.79. The van der Waals surface area contributed by atoms with Gasteiger partial charge in [-0.1, -0.05) is 5.16 Å². The van der Waals surface area contributed by atoms with Crippen molar-refractivity contribution in [2.24, 2.45) is 10.9 Å². The highest BCUT2D eigenvalue weighted by Crippen LogP contribution is 2.21. The summed E-state index contributed by atoms with van der Waals surface area (Å²) in [5.41, 5.74) is 7.32. The molecule has 1 rings (SSSR count). The third kappa shape index (κ3) is 4.71. The van der Waals surface area contributed by atoms with E-state index in [0.29, 0.717) is 5.56 Å². The first-order valence-corrected chi connectivity index (χ1v) is 6.46. The summed E-state index contributed by atoms with van der Waals surface area (Å²) in [6.45, 7) is 2.67. The second-order valence-electron chi connectivity index (χ2n) is 5.05. The molecule has 6 nitrogen and oxygen atoms in total. The van der Waals surface area contributed by atoms with Crippen LogP contribution in [0.5, 0.6) is 5.75 Å². The number of rotatable bonds is 7. The lowest BCUT2D eigenvalue weighted by atomic mass is 10.1. The van der Waals surface area contributed by atoms with Gasteiger partial charge < -0.3 is 25.5 Å². The lowest BCUT2D eigenvalue weighted by molar-refractivity contribution is 0.272. The SMILES string of the molecule is COc1ccc(/C(N)=N/O)cc1CN(C)CCN(C)C. The number of benzene rings is 1. The van der Waals surface area contributed by atoms with E-state index in [-0.39, 0.29) is 5.84 Å². The Labute approximate surface area is 120 Å². The van der Waals surface area contributed by atoms with E-state index in [1.165, 1.54) is 0 Å². The van der Waals surface area contributed by atoms with Crippen molar-refractivity contribution in [2.75, 3.05) is 41.3 Å². The third-order valence-electron chi connectivity index (χ3n) is 3.05. The Morgan fingerprint density at radius 1 is 1.30 bits per heavy atom. The van der Waals surface area contributed by atoms with Gasteiger partial charge >= 0.3 is 0 Å². The summed E-state index contributed by atoms with van der Waals surface area (Å²) < 4.78 is 5.36. The molecule has 1 aromatic rings. The van der Waals surface area contributed by atoms with Crippen LogP contribution in [0.25, 0.3) is 0 Å². The summed E-state index contributed by atoms with van der Waals surface area (Å²) in [6, 6.07) is 5.50. The number of methoxy groups -OCH3 is 1. The van der Waals surface area contributed by atoms with Crippen molar-refractivity contribution in [3.05, 3.63) is 29.3 Å². The Balaban J connectivity index is 2.85. The summed E-state index contributed by atoms with van der Waals surface area (Å²) in [7, 11) is 7.79. The molecule has 0 saturated carbocycles. The predicted octanol–water partition coefficient (Wildman–Crippen LogP) is 0.783. The topological polar surface area (TPSA) is 74.3 Å². The molecule has 0 heterocycles. The molecule has 0 aliphatic carbocycles. The lowest BCUT2D eigenvalue weighted by Crippen LogP contribution is -2.28. The van der Waals surface area contributed by atoms with Crippen molar-refractivity contribution in [3.8, 4) is 5.75 Å². The van der Waals surface area contributed by atoms with E-state index >= 15 is 0 Å². The number of ether oxygens (including phenoxy) is 1. The number of nitrogens with zero attached hydrogens (tertiary/aromatic N) is 3. The molecule has 0 aromatic heterocycles.